The Morgan fingerprint density at radius 3 is 2.50 bits per heavy atom. The Bertz CT molecular complexity index is 49.7. The second kappa shape index (κ2) is 5.41. The highest BCUT2D eigenvalue weighted by molar-refractivity contribution is 7.90. The van der Waals surface area contributed by atoms with Gasteiger partial charge >= 0.3 is 0 Å². The van der Waals surface area contributed by atoms with Crippen LogP contribution in [0.4, 0.5) is 0 Å². The monoisotopic (exact) mass is 135 g/mol. The van der Waals surface area contributed by atoms with Crippen molar-refractivity contribution in [2.75, 3.05) is 18.6 Å². The molecule has 0 saturated carbocycles. The number of hydrogen-bond donors (Lipinski definition) is 1. The van der Waals surface area contributed by atoms with Crippen LogP contribution >= 0.6 is 0 Å². The fourth-order valence-electron chi connectivity index (χ4n) is 0.450. The lowest BCUT2D eigenvalue weighted by atomic mass is 10.3. The maximum Gasteiger partial charge on any atom is 0.105 e. The van der Waals surface area contributed by atoms with Crippen molar-refractivity contribution in [2.45, 2.75) is 12.8 Å². The molecule has 0 aliphatic heterocycles. The van der Waals surface area contributed by atoms with Crippen molar-refractivity contribution in [3.63, 3.8) is 0 Å². The van der Waals surface area contributed by atoms with E-state index in [-0.39, 0.29) is 0 Å². The molecule has 0 aromatic heterocycles. The quantitative estimate of drug-likeness (QED) is 0.439. The summed E-state index contributed by atoms with van der Waals surface area (Å²) in [6, 6.07) is 0. The largest absolute Gasteiger partial charge is 0.617 e. The smallest absolute Gasteiger partial charge is 0.105 e. The van der Waals surface area contributed by atoms with Crippen LogP contribution in [0.1, 0.15) is 12.8 Å². The Balaban J connectivity index is 2.72. The van der Waals surface area contributed by atoms with Crippen molar-refractivity contribution >= 4 is 11.2 Å². The minimum Gasteiger partial charge on any atom is -0.617 e. The molecule has 0 fully saturated rings. The fourth-order valence-corrected chi connectivity index (χ4v) is 1.06. The lowest BCUT2D eigenvalue weighted by molar-refractivity contribution is 0.596. The third kappa shape index (κ3) is 6.27. The Kier molecular flexibility index (Phi) is 5.59. The van der Waals surface area contributed by atoms with Gasteiger partial charge in [-0.3, -0.25) is 0 Å². The molecule has 0 saturated heterocycles. The maximum absolute atomic E-state index is 10.4. The first-order chi connectivity index (χ1) is 3.77. The lowest BCUT2D eigenvalue weighted by Crippen LogP contribution is -2.06. The molecule has 0 aromatic carbocycles. The highest BCUT2D eigenvalue weighted by Crippen LogP contribution is 1.91. The molecule has 0 aliphatic carbocycles. The van der Waals surface area contributed by atoms with Crippen LogP contribution in [-0.2, 0) is 11.2 Å². The molecule has 8 heavy (non-hydrogen) atoms. The van der Waals surface area contributed by atoms with Crippen molar-refractivity contribution < 1.29 is 4.55 Å². The van der Waals surface area contributed by atoms with Crippen molar-refractivity contribution in [2.24, 2.45) is 5.73 Å². The minimum atomic E-state index is -0.623. The van der Waals surface area contributed by atoms with Crippen LogP contribution in [-0.4, -0.2) is 23.1 Å². The number of nitrogens with two attached hydrogens (primary N) is 1. The Morgan fingerprint density at radius 1 is 1.50 bits per heavy atom. The molecule has 3 heteroatoms. The van der Waals surface area contributed by atoms with Gasteiger partial charge in [-0.05, 0) is 19.4 Å². The van der Waals surface area contributed by atoms with Gasteiger partial charge in [-0.25, -0.2) is 0 Å². The summed E-state index contributed by atoms with van der Waals surface area (Å²) in [6.45, 7) is 0.719. The summed E-state index contributed by atoms with van der Waals surface area (Å²) in [6.07, 6.45) is 3.72. The third-order valence-corrected chi connectivity index (χ3v) is 1.75. The van der Waals surface area contributed by atoms with Gasteiger partial charge in [-0.15, -0.1) is 0 Å². The van der Waals surface area contributed by atoms with Gasteiger partial charge in [0.15, 0.2) is 0 Å². The van der Waals surface area contributed by atoms with E-state index in [9.17, 15) is 4.55 Å². The van der Waals surface area contributed by atoms with Gasteiger partial charge in [-0.1, -0.05) is 11.2 Å². The first kappa shape index (κ1) is 8.27. The molecule has 0 spiro atoms. The normalized spacial score (nSPS) is 13.9. The second-order valence-electron chi connectivity index (χ2n) is 1.77. The number of unbranched alkanes of at least 4 members (excludes halogenated alkanes) is 1. The van der Waals surface area contributed by atoms with Crippen molar-refractivity contribution in [1.29, 1.82) is 0 Å². The number of rotatable bonds is 4. The van der Waals surface area contributed by atoms with E-state index in [0.29, 0.717) is 0 Å². The topological polar surface area (TPSA) is 49.1 Å². The molecule has 0 aromatic rings. The Hall–Kier alpha value is 0.270. The highest BCUT2D eigenvalue weighted by Gasteiger charge is 1.93. The van der Waals surface area contributed by atoms with Crippen molar-refractivity contribution in [1.82, 2.24) is 0 Å². The Morgan fingerprint density at radius 2 is 2.12 bits per heavy atom. The van der Waals surface area contributed by atoms with E-state index < -0.39 is 11.2 Å². The summed E-state index contributed by atoms with van der Waals surface area (Å²) in [5, 5.41) is 0. The third-order valence-electron chi connectivity index (χ3n) is 0.886. The molecule has 0 amide bonds. The summed E-state index contributed by atoms with van der Waals surface area (Å²) in [5.41, 5.74) is 5.22. The van der Waals surface area contributed by atoms with Gasteiger partial charge < -0.3 is 10.3 Å². The molecule has 2 nitrogen and oxygen atoms in total. The number of hydrogen-bond acceptors (Lipinski definition) is 2. The van der Waals surface area contributed by atoms with Crippen LogP contribution in [0.3, 0.4) is 0 Å². The van der Waals surface area contributed by atoms with E-state index in [0.717, 1.165) is 25.1 Å². The summed E-state index contributed by atoms with van der Waals surface area (Å²) in [4.78, 5) is 0. The zero-order valence-corrected chi connectivity index (χ0v) is 6.04. The van der Waals surface area contributed by atoms with Gasteiger partial charge in [0.25, 0.3) is 0 Å². The average molecular weight is 135 g/mol. The van der Waals surface area contributed by atoms with Gasteiger partial charge in [0.2, 0.25) is 0 Å². The molecule has 0 radical (unpaired) electrons. The van der Waals surface area contributed by atoms with E-state index in [1.165, 1.54) is 0 Å². The summed E-state index contributed by atoms with van der Waals surface area (Å²) >= 11 is -0.623. The summed E-state index contributed by atoms with van der Waals surface area (Å²) in [5.74, 6) is 0.803. The maximum atomic E-state index is 10.4. The molecule has 0 heterocycles. The average Bonchev–Trinajstić information content (AvgIpc) is 1.66. The van der Waals surface area contributed by atoms with E-state index >= 15 is 0 Å². The van der Waals surface area contributed by atoms with Crippen LogP contribution in [0.15, 0.2) is 0 Å². The van der Waals surface area contributed by atoms with Crippen LogP contribution in [0.5, 0.6) is 0 Å². The first-order valence-corrected chi connectivity index (χ1v) is 4.50. The van der Waals surface area contributed by atoms with E-state index in [4.69, 9.17) is 5.73 Å². The lowest BCUT2D eigenvalue weighted by Gasteiger charge is -2.01. The van der Waals surface area contributed by atoms with E-state index in [2.05, 4.69) is 0 Å². The SMILES string of the molecule is C[S+]([O-])CCCCN. The predicted molar refractivity (Wildman–Crippen MR) is 37.2 cm³/mol. The predicted octanol–water partition coefficient (Wildman–Crippen LogP) is 0.104. The zero-order valence-electron chi connectivity index (χ0n) is 5.22. The molecular weight excluding hydrogens is 122 g/mol. The van der Waals surface area contributed by atoms with Crippen molar-refractivity contribution in [3.05, 3.63) is 0 Å². The molecule has 0 bridgehead atoms. The highest BCUT2D eigenvalue weighted by atomic mass is 32.2. The minimum absolute atomic E-state index is 0.623. The molecule has 1 unspecified atom stereocenters. The molecule has 50 valence electrons. The summed E-state index contributed by atoms with van der Waals surface area (Å²) < 4.78 is 10.4. The van der Waals surface area contributed by atoms with Crippen LogP contribution in [0.25, 0.3) is 0 Å². The second-order valence-corrected chi connectivity index (χ2v) is 3.33. The fraction of sp³-hybridized carbons (Fsp3) is 1.00. The van der Waals surface area contributed by atoms with Gasteiger partial charge in [0.1, 0.15) is 5.75 Å². The van der Waals surface area contributed by atoms with E-state index in [1.807, 2.05) is 0 Å². The van der Waals surface area contributed by atoms with E-state index in [1.54, 1.807) is 6.26 Å². The van der Waals surface area contributed by atoms with Gasteiger partial charge in [0, 0.05) is 0 Å². The van der Waals surface area contributed by atoms with Crippen LogP contribution in [0.2, 0.25) is 0 Å². The van der Waals surface area contributed by atoms with Crippen LogP contribution < -0.4 is 5.73 Å². The zero-order chi connectivity index (χ0) is 6.41. The molecular formula is C5H13NOS. The van der Waals surface area contributed by atoms with Gasteiger partial charge in [0.05, 0.1) is 6.26 Å². The molecule has 1 atom stereocenters. The van der Waals surface area contributed by atoms with Crippen molar-refractivity contribution in [3.8, 4) is 0 Å². The van der Waals surface area contributed by atoms with Gasteiger partial charge in [-0.2, -0.15) is 0 Å². The Labute approximate surface area is 53.6 Å². The van der Waals surface area contributed by atoms with Crippen LogP contribution in [0, 0.1) is 0 Å². The summed E-state index contributed by atoms with van der Waals surface area (Å²) in [7, 11) is 0. The molecule has 0 aliphatic rings. The molecule has 2 N–H and O–H groups in total. The first-order valence-electron chi connectivity index (χ1n) is 2.77. The standard InChI is InChI=1S/C5H13NOS/c1-8(7)5-3-2-4-6/h2-6H2,1H3. The molecule has 0 rings (SSSR count).